The Morgan fingerprint density at radius 3 is 2.46 bits per heavy atom. The van der Waals surface area contributed by atoms with E-state index in [1.807, 2.05) is 37.3 Å². The van der Waals surface area contributed by atoms with Gasteiger partial charge < -0.3 is 14.8 Å². The molecule has 0 bridgehead atoms. The van der Waals surface area contributed by atoms with E-state index in [0.29, 0.717) is 18.0 Å². The highest BCUT2D eigenvalue weighted by Crippen LogP contribution is 2.40. The van der Waals surface area contributed by atoms with E-state index < -0.39 is 0 Å². The number of nitrogens with one attached hydrogen (secondary N) is 1. The van der Waals surface area contributed by atoms with E-state index in [9.17, 15) is 4.79 Å². The Hall–Kier alpha value is -2.49. The largest absolute Gasteiger partial charge is 0.493 e. The van der Waals surface area contributed by atoms with Crippen LogP contribution < -0.4 is 14.8 Å². The van der Waals surface area contributed by atoms with Crippen molar-refractivity contribution < 1.29 is 14.3 Å². The topological polar surface area (TPSA) is 47.6 Å². The molecule has 2 aromatic rings. The Kier molecular flexibility index (Phi) is 4.74. The van der Waals surface area contributed by atoms with Crippen LogP contribution >= 0.6 is 0 Å². The van der Waals surface area contributed by atoms with Gasteiger partial charge in [0, 0.05) is 18.0 Å². The molecule has 24 heavy (non-hydrogen) atoms. The molecule has 0 saturated heterocycles. The van der Waals surface area contributed by atoms with Crippen molar-refractivity contribution >= 4 is 5.91 Å². The first-order valence-electron chi connectivity index (χ1n) is 8.22. The second-order valence-electron chi connectivity index (χ2n) is 6.22. The first kappa shape index (κ1) is 16.4. The van der Waals surface area contributed by atoms with Crippen LogP contribution in [0.25, 0.3) is 0 Å². The van der Waals surface area contributed by atoms with Gasteiger partial charge >= 0.3 is 0 Å². The van der Waals surface area contributed by atoms with Crippen LogP contribution in [-0.2, 0) is 6.42 Å². The number of rotatable bonds is 5. The van der Waals surface area contributed by atoms with E-state index in [-0.39, 0.29) is 5.91 Å². The van der Waals surface area contributed by atoms with Gasteiger partial charge in [0.25, 0.3) is 5.91 Å². The fraction of sp³-hybridized carbons (Fsp3) is 0.350. The molecule has 0 spiro atoms. The number of amides is 1. The average Bonchev–Trinajstić information content (AvgIpc) is 3.00. The zero-order chi connectivity index (χ0) is 17.1. The minimum atomic E-state index is -0.0241. The lowest BCUT2D eigenvalue weighted by Gasteiger charge is -2.15. The molecule has 1 unspecified atom stereocenters. The van der Waals surface area contributed by atoms with Gasteiger partial charge in [0.05, 0.1) is 14.2 Å². The highest BCUT2D eigenvalue weighted by Gasteiger charge is 2.25. The molecule has 0 saturated carbocycles. The molecule has 0 aromatic heterocycles. The summed E-state index contributed by atoms with van der Waals surface area (Å²) in [7, 11) is 3.30. The van der Waals surface area contributed by atoms with E-state index in [1.54, 1.807) is 14.2 Å². The van der Waals surface area contributed by atoms with Gasteiger partial charge in [0.2, 0.25) is 0 Å². The maximum absolute atomic E-state index is 12.3. The standard InChI is InChI=1S/C20H23NO3/c1-13-4-6-14(7-5-13)20(22)21-12-16-9-8-15-10-18(23-2)19(24-3)11-17(15)16/h4-7,10-11,16H,8-9,12H2,1-3H3,(H,21,22). The van der Waals surface area contributed by atoms with Crippen molar-refractivity contribution in [3.05, 3.63) is 58.7 Å². The molecule has 1 aliphatic carbocycles. The number of hydrogen-bond donors (Lipinski definition) is 1. The lowest BCUT2D eigenvalue weighted by Crippen LogP contribution is -2.27. The lowest BCUT2D eigenvalue weighted by atomic mass is 10.0. The highest BCUT2D eigenvalue weighted by molar-refractivity contribution is 5.94. The third kappa shape index (κ3) is 3.23. The van der Waals surface area contributed by atoms with Crippen molar-refractivity contribution in [1.82, 2.24) is 5.32 Å². The Balaban J connectivity index is 1.70. The Bertz CT molecular complexity index is 737. The quantitative estimate of drug-likeness (QED) is 0.915. The normalized spacial score (nSPS) is 15.7. The maximum atomic E-state index is 12.3. The van der Waals surface area contributed by atoms with Gasteiger partial charge in [-0.05, 0) is 55.2 Å². The fourth-order valence-corrected chi connectivity index (χ4v) is 3.25. The average molecular weight is 325 g/mol. The van der Waals surface area contributed by atoms with Crippen LogP contribution in [-0.4, -0.2) is 26.7 Å². The molecular formula is C20H23NO3. The smallest absolute Gasteiger partial charge is 0.251 e. The number of aryl methyl sites for hydroxylation is 2. The summed E-state index contributed by atoms with van der Waals surface area (Å²) in [5.74, 6) is 1.80. The van der Waals surface area contributed by atoms with Crippen molar-refractivity contribution in [2.45, 2.75) is 25.7 Å². The van der Waals surface area contributed by atoms with Crippen LogP contribution in [0.1, 0.15) is 39.4 Å². The van der Waals surface area contributed by atoms with Gasteiger partial charge in [-0.15, -0.1) is 0 Å². The van der Waals surface area contributed by atoms with Crippen molar-refractivity contribution in [2.24, 2.45) is 0 Å². The summed E-state index contributed by atoms with van der Waals surface area (Å²) in [5.41, 5.74) is 4.38. The molecule has 0 aliphatic heterocycles. The van der Waals surface area contributed by atoms with Gasteiger partial charge in [-0.1, -0.05) is 17.7 Å². The predicted molar refractivity (Wildman–Crippen MR) is 94.1 cm³/mol. The lowest BCUT2D eigenvalue weighted by molar-refractivity contribution is 0.0951. The molecule has 4 nitrogen and oxygen atoms in total. The van der Waals surface area contributed by atoms with Crippen molar-refractivity contribution in [3.63, 3.8) is 0 Å². The fourth-order valence-electron chi connectivity index (χ4n) is 3.25. The van der Waals surface area contributed by atoms with E-state index in [2.05, 4.69) is 11.4 Å². The molecule has 126 valence electrons. The van der Waals surface area contributed by atoms with Gasteiger partial charge in [-0.2, -0.15) is 0 Å². The number of ether oxygens (including phenoxy) is 2. The summed E-state index contributed by atoms with van der Waals surface area (Å²) in [6, 6.07) is 11.7. The molecule has 0 heterocycles. The molecule has 3 rings (SSSR count). The molecule has 1 aliphatic rings. The maximum Gasteiger partial charge on any atom is 0.251 e. The molecule has 1 amide bonds. The van der Waals surface area contributed by atoms with Gasteiger partial charge in [0.1, 0.15) is 0 Å². The van der Waals surface area contributed by atoms with E-state index in [0.717, 1.165) is 29.9 Å². The van der Waals surface area contributed by atoms with Crippen LogP contribution in [0.4, 0.5) is 0 Å². The molecule has 1 atom stereocenters. The first-order valence-corrected chi connectivity index (χ1v) is 8.22. The van der Waals surface area contributed by atoms with Crippen LogP contribution in [0.5, 0.6) is 11.5 Å². The summed E-state index contributed by atoms with van der Waals surface area (Å²) in [4.78, 5) is 12.3. The number of hydrogen-bond acceptors (Lipinski definition) is 3. The van der Waals surface area contributed by atoms with Crippen LogP contribution in [0.15, 0.2) is 36.4 Å². The minimum absolute atomic E-state index is 0.0241. The highest BCUT2D eigenvalue weighted by atomic mass is 16.5. The van der Waals surface area contributed by atoms with E-state index in [4.69, 9.17) is 9.47 Å². The molecule has 1 N–H and O–H groups in total. The molecule has 0 fully saturated rings. The predicted octanol–water partition coefficient (Wildman–Crippen LogP) is 3.47. The molecular weight excluding hydrogens is 302 g/mol. The second kappa shape index (κ2) is 6.95. The van der Waals surface area contributed by atoms with Crippen LogP contribution in [0.2, 0.25) is 0 Å². The SMILES string of the molecule is COc1cc2c(cc1OC)C(CNC(=O)c1ccc(C)cc1)CC2. The van der Waals surface area contributed by atoms with E-state index in [1.165, 1.54) is 11.1 Å². The number of fused-ring (bicyclic) bond motifs is 1. The van der Waals surface area contributed by atoms with Crippen molar-refractivity contribution in [2.75, 3.05) is 20.8 Å². The third-order valence-corrected chi connectivity index (χ3v) is 4.67. The Labute approximate surface area is 142 Å². The van der Waals surface area contributed by atoms with Gasteiger partial charge in [0.15, 0.2) is 11.5 Å². The summed E-state index contributed by atoms with van der Waals surface area (Å²) in [6.45, 7) is 2.65. The summed E-state index contributed by atoms with van der Waals surface area (Å²) in [5, 5.41) is 3.06. The van der Waals surface area contributed by atoms with Crippen molar-refractivity contribution in [3.8, 4) is 11.5 Å². The number of carbonyl (C=O) groups is 1. The monoisotopic (exact) mass is 325 g/mol. The summed E-state index contributed by atoms with van der Waals surface area (Å²) in [6.07, 6.45) is 2.03. The van der Waals surface area contributed by atoms with Gasteiger partial charge in [-0.3, -0.25) is 4.79 Å². The number of carbonyl (C=O) groups excluding carboxylic acids is 1. The summed E-state index contributed by atoms with van der Waals surface area (Å²) < 4.78 is 10.8. The number of methoxy groups -OCH3 is 2. The molecule has 0 radical (unpaired) electrons. The summed E-state index contributed by atoms with van der Waals surface area (Å²) >= 11 is 0. The number of benzene rings is 2. The zero-order valence-electron chi connectivity index (χ0n) is 14.4. The Morgan fingerprint density at radius 1 is 1.12 bits per heavy atom. The molecule has 2 aromatic carbocycles. The zero-order valence-corrected chi connectivity index (χ0v) is 14.4. The van der Waals surface area contributed by atoms with Crippen molar-refractivity contribution in [1.29, 1.82) is 0 Å². The van der Waals surface area contributed by atoms with Gasteiger partial charge in [-0.25, -0.2) is 0 Å². The molecule has 4 heteroatoms. The minimum Gasteiger partial charge on any atom is -0.493 e. The Morgan fingerprint density at radius 2 is 1.79 bits per heavy atom. The first-order chi connectivity index (χ1) is 11.6. The van der Waals surface area contributed by atoms with Crippen LogP contribution in [0, 0.1) is 6.92 Å². The van der Waals surface area contributed by atoms with E-state index >= 15 is 0 Å². The third-order valence-electron chi connectivity index (χ3n) is 4.67. The second-order valence-corrected chi connectivity index (χ2v) is 6.22. The van der Waals surface area contributed by atoms with Crippen LogP contribution in [0.3, 0.4) is 0 Å².